The summed E-state index contributed by atoms with van der Waals surface area (Å²) in [4.78, 5) is 18.9. The predicted octanol–water partition coefficient (Wildman–Crippen LogP) is 5.92. The maximum Gasteiger partial charge on any atom is 0.266 e. The number of nitrogens with zero attached hydrogens (tertiary/aromatic N) is 1. The molecule has 128 valence electrons. The Morgan fingerprint density at radius 3 is 2.19 bits per heavy atom. The first kappa shape index (κ1) is 17.0. The van der Waals surface area contributed by atoms with Gasteiger partial charge in [-0.05, 0) is 29.8 Å². The van der Waals surface area contributed by atoms with Crippen LogP contribution in [-0.2, 0) is 4.79 Å². The second kappa shape index (κ2) is 7.44. The Labute approximate surface area is 161 Å². The van der Waals surface area contributed by atoms with Gasteiger partial charge in [-0.3, -0.25) is 4.79 Å². The summed E-state index contributed by atoms with van der Waals surface area (Å²) in [7, 11) is 1.84. The Morgan fingerprint density at radius 2 is 1.46 bits per heavy atom. The van der Waals surface area contributed by atoms with Crippen molar-refractivity contribution in [3.8, 4) is 0 Å². The van der Waals surface area contributed by atoms with Crippen molar-refractivity contribution >= 4 is 40.0 Å². The van der Waals surface area contributed by atoms with Crippen LogP contribution in [0.25, 0.3) is 4.91 Å². The van der Waals surface area contributed by atoms with Gasteiger partial charge in [-0.1, -0.05) is 84.2 Å². The van der Waals surface area contributed by atoms with Crippen LogP contribution in [0.2, 0.25) is 0 Å². The molecule has 0 spiro atoms. The van der Waals surface area contributed by atoms with Gasteiger partial charge in [-0.15, -0.1) is 0 Å². The number of benzene rings is 3. The topological polar surface area (TPSA) is 20.3 Å². The second-order valence-electron chi connectivity index (χ2n) is 5.87. The first-order valence-corrected chi connectivity index (χ1v) is 9.95. The summed E-state index contributed by atoms with van der Waals surface area (Å²) in [6.07, 6.45) is 0. The van der Waals surface area contributed by atoms with E-state index in [1.165, 1.54) is 0 Å². The molecular formula is C22H17NOS2. The quantitative estimate of drug-likeness (QED) is 0.419. The van der Waals surface area contributed by atoms with E-state index in [1.807, 2.05) is 61.6 Å². The minimum Gasteiger partial charge on any atom is -0.310 e. The number of rotatable bonds is 3. The summed E-state index contributed by atoms with van der Waals surface area (Å²) in [5.41, 5.74) is 2.02. The number of hydrogen-bond donors (Lipinski definition) is 0. The Morgan fingerprint density at radius 1 is 0.846 bits per heavy atom. The smallest absolute Gasteiger partial charge is 0.266 e. The fourth-order valence-corrected chi connectivity index (χ4v) is 5.14. The summed E-state index contributed by atoms with van der Waals surface area (Å²) in [6.45, 7) is 0. The van der Waals surface area contributed by atoms with Crippen molar-refractivity contribution in [2.24, 2.45) is 0 Å². The minimum absolute atomic E-state index is 0.0379. The number of hydrogen-bond acceptors (Lipinski definition) is 3. The fourth-order valence-electron chi connectivity index (χ4n) is 2.81. The van der Waals surface area contributed by atoms with Crippen molar-refractivity contribution in [1.82, 2.24) is 0 Å². The predicted molar refractivity (Wildman–Crippen MR) is 111 cm³/mol. The molecule has 2 nitrogen and oxygen atoms in total. The number of carbonyl (C=O) groups is 1. The molecule has 26 heavy (non-hydrogen) atoms. The summed E-state index contributed by atoms with van der Waals surface area (Å²) >= 11 is 3.20. The Kier molecular flexibility index (Phi) is 4.87. The molecule has 0 unspecified atom stereocenters. The van der Waals surface area contributed by atoms with Crippen LogP contribution in [0.15, 0.2) is 99.6 Å². The van der Waals surface area contributed by atoms with Crippen molar-refractivity contribution in [1.29, 1.82) is 0 Å². The molecule has 3 aromatic carbocycles. The highest BCUT2D eigenvalue weighted by Gasteiger charge is 2.29. The summed E-state index contributed by atoms with van der Waals surface area (Å²) < 4.78 is 0. The molecule has 0 atom stereocenters. The lowest BCUT2D eigenvalue weighted by molar-refractivity contribution is -0.114. The van der Waals surface area contributed by atoms with Crippen LogP contribution in [-0.4, -0.2) is 13.0 Å². The van der Waals surface area contributed by atoms with Crippen LogP contribution < -0.4 is 4.90 Å². The summed E-state index contributed by atoms with van der Waals surface area (Å²) in [6, 6.07) is 28.4. The third kappa shape index (κ3) is 3.30. The molecule has 1 aliphatic heterocycles. The first-order chi connectivity index (χ1) is 12.7. The van der Waals surface area contributed by atoms with Crippen molar-refractivity contribution in [3.63, 3.8) is 0 Å². The average Bonchev–Trinajstić information content (AvgIpc) is 2.70. The van der Waals surface area contributed by atoms with Gasteiger partial charge < -0.3 is 4.90 Å². The third-order valence-corrected chi connectivity index (χ3v) is 6.57. The molecule has 0 bridgehead atoms. The molecule has 0 radical (unpaired) electrons. The van der Waals surface area contributed by atoms with E-state index in [2.05, 4.69) is 30.3 Å². The van der Waals surface area contributed by atoms with Gasteiger partial charge in [0.05, 0.1) is 10.6 Å². The Hall–Kier alpha value is -2.43. The molecule has 4 heteroatoms. The molecule has 1 aliphatic rings. The van der Waals surface area contributed by atoms with Crippen LogP contribution in [0.1, 0.15) is 5.56 Å². The van der Waals surface area contributed by atoms with E-state index in [9.17, 15) is 4.79 Å². The zero-order valence-electron chi connectivity index (χ0n) is 14.3. The van der Waals surface area contributed by atoms with Crippen LogP contribution >= 0.6 is 23.5 Å². The normalized spacial score (nSPS) is 15.6. The van der Waals surface area contributed by atoms with E-state index in [-0.39, 0.29) is 5.91 Å². The molecule has 0 N–H and O–H groups in total. The van der Waals surface area contributed by atoms with Crippen LogP contribution in [0.5, 0.6) is 0 Å². The van der Waals surface area contributed by atoms with Crippen molar-refractivity contribution in [2.45, 2.75) is 9.79 Å². The molecule has 1 heterocycles. The maximum atomic E-state index is 13.1. The highest BCUT2D eigenvalue weighted by molar-refractivity contribution is 8.11. The fraction of sp³-hybridized carbons (Fsp3) is 0.0455. The number of carbonyl (C=O) groups excluding carboxylic acids is 1. The number of thioether (sulfide) groups is 2. The van der Waals surface area contributed by atoms with Crippen molar-refractivity contribution < 1.29 is 4.79 Å². The first-order valence-electron chi connectivity index (χ1n) is 8.31. The molecule has 3 aromatic rings. The summed E-state index contributed by atoms with van der Waals surface area (Å²) in [5, 5.41) is 0. The minimum atomic E-state index is 0.0379. The highest BCUT2D eigenvalue weighted by atomic mass is 32.2. The van der Waals surface area contributed by atoms with Crippen LogP contribution in [0.4, 0.5) is 5.69 Å². The maximum absolute atomic E-state index is 13.1. The van der Waals surface area contributed by atoms with Gasteiger partial charge in [-0.25, -0.2) is 0 Å². The number of para-hydroxylation sites is 1. The van der Waals surface area contributed by atoms with E-state index in [0.29, 0.717) is 0 Å². The zero-order valence-corrected chi connectivity index (χ0v) is 15.9. The molecule has 0 aromatic heterocycles. The lowest BCUT2D eigenvalue weighted by Gasteiger charge is -2.28. The van der Waals surface area contributed by atoms with Crippen LogP contribution in [0, 0.1) is 0 Å². The van der Waals surface area contributed by atoms with Gasteiger partial charge in [0.15, 0.2) is 0 Å². The average molecular weight is 376 g/mol. The SMILES string of the molecule is CN1C(=O)/C(=C(\Sc2ccccc2)c2ccccc2)Sc2ccccc21. The van der Waals surface area contributed by atoms with E-state index < -0.39 is 0 Å². The molecule has 0 aliphatic carbocycles. The Bertz CT molecular complexity index is 968. The molecule has 0 saturated heterocycles. The molecular weight excluding hydrogens is 358 g/mol. The standard InChI is InChI=1S/C22H17NOS2/c1-23-18-14-8-9-15-19(18)26-21(22(23)24)20(16-10-4-2-5-11-16)25-17-12-6-3-7-13-17/h2-15H,1H3/b21-20+. The van der Waals surface area contributed by atoms with Gasteiger partial charge in [0.1, 0.15) is 0 Å². The highest BCUT2D eigenvalue weighted by Crippen LogP contribution is 2.47. The number of anilines is 1. The number of fused-ring (bicyclic) bond motifs is 1. The largest absolute Gasteiger partial charge is 0.310 e. The molecule has 1 amide bonds. The van der Waals surface area contributed by atoms with Crippen molar-refractivity contribution in [2.75, 3.05) is 11.9 Å². The van der Waals surface area contributed by atoms with Crippen molar-refractivity contribution in [3.05, 3.63) is 95.4 Å². The molecule has 4 rings (SSSR count). The number of amides is 1. The van der Waals surface area contributed by atoms with E-state index in [4.69, 9.17) is 0 Å². The van der Waals surface area contributed by atoms with Gasteiger partial charge in [0.25, 0.3) is 5.91 Å². The van der Waals surface area contributed by atoms with E-state index in [0.717, 1.165) is 30.9 Å². The monoisotopic (exact) mass is 375 g/mol. The lowest BCUT2D eigenvalue weighted by atomic mass is 10.2. The van der Waals surface area contributed by atoms with Gasteiger partial charge in [0, 0.05) is 21.7 Å². The molecule has 0 fully saturated rings. The second-order valence-corrected chi connectivity index (χ2v) is 8.01. The Balaban J connectivity index is 1.86. The third-order valence-electron chi connectivity index (χ3n) is 4.14. The van der Waals surface area contributed by atoms with Gasteiger partial charge >= 0.3 is 0 Å². The number of likely N-dealkylation sites (N-methyl/N-ethyl adjacent to an activating group) is 1. The zero-order chi connectivity index (χ0) is 17.9. The van der Waals surface area contributed by atoms with Gasteiger partial charge in [0.2, 0.25) is 0 Å². The van der Waals surface area contributed by atoms with Crippen LogP contribution in [0.3, 0.4) is 0 Å². The summed E-state index contributed by atoms with van der Waals surface area (Å²) in [5.74, 6) is 0.0379. The van der Waals surface area contributed by atoms with E-state index in [1.54, 1.807) is 28.4 Å². The lowest BCUT2D eigenvalue weighted by Crippen LogP contribution is -2.30. The van der Waals surface area contributed by atoms with E-state index >= 15 is 0 Å². The molecule has 0 saturated carbocycles. The van der Waals surface area contributed by atoms with Gasteiger partial charge in [-0.2, -0.15) is 0 Å².